The largest absolute Gasteiger partial charge is 0.458 e. The summed E-state index contributed by atoms with van der Waals surface area (Å²) >= 11 is 15.2. The highest BCUT2D eigenvalue weighted by molar-refractivity contribution is 14.1. The number of hydrogen-bond donors (Lipinski definition) is 1. The molecule has 0 spiro atoms. The van der Waals surface area contributed by atoms with Crippen LogP contribution in [0.25, 0.3) is 11.2 Å². The van der Waals surface area contributed by atoms with Crippen LogP contribution >= 0.6 is 63.4 Å². The third-order valence-corrected chi connectivity index (χ3v) is 4.09. The molecule has 0 unspecified atom stereocenters. The molecule has 0 radical (unpaired) electrons. The van der Waals surface area contributed by atoms with Crippen LogP contribution in [-0.2, 0) is 0 Å². The van der Waals surface area contributed by atoms with Crippen LogP contribution in [0.2, 0.25) is 0 Å². The van der Waals surface area contributed by atoms with Crippen LogP contribution in [-0.4, -0.2) is 16.8 Å². The minimum absolute atomic E-state index is 0.606. The molecule has 2 aromatic heterocycles. The molecule has 2 aromatic rings. The van der Waals surface area contributed by atoms with Crippen molar-refractivity contribution in [2.45, 2.75) is 0 Å². The number of fused-ring (bicyclic) bond motifs is 1. The molecule has 2 heterocycles. The van der Waals surface area contributed by atoms with Gasteiger partial charge in [-0.25, -0.2) is 0 Å². The second-order valence-corrected chi connectivity index (χ2v) is 5.72. The first-order valence-electron chi connectivity index (χ1n) is 4.80. The first-order chi connectivity index (χ1) is 8.17. The maximum atomic E-state index is 5.80. The molecule has 17 heavy (non-hydrogen) atoms. The van der Waals surface area contributed by atoms with E-state index in [1.54, 1.807) is 6.26 Å². The average Bonchev–Trinajstić information content (AvgIpc) is 2.69. The molecule has 0 amide bonds. The molecule has 2 rings (SSSR count). The predicted octanol–water partition coefficient (Wildman–Crippen LogP) is 4.65. The molecule has 0 saturated heterocycles. The maximum Gasteiger partial charge on any atom is 0.198 e. The fourth-order valence-electron chi connectivity index (χ4n) is 1.41. The number of rotatable bonds is 4. The van der Waals surface area contributed by atoms with Crippen molar-refractivity contribution in [1.82, 2.24) is 0 Å². The number of alkyl halides is 1. The van der Waals surface area contributed by atoms with E-state index >= 15 is 0 Å². The van der Waals surface area contributed by atoms with E-state index in [4.69, 9.17) is 21.1 Å². The highest BCUT2D eigenvalue weighted by Gasteiger charge is 2.13. The van der Waals surface area contributed by atoms with Crippen LogP contribution in [0.15, 0.2) is 25.6 Å². The van der Waals surface area contributed by atoms with Gasteiger partial charge in [0.2, 0.25) is 0 Å². The fraction of sp³-hybridized carbons (Fsp3) is 0.300. The minimum Gasteiger partial charge on any atom is -0.458 e. The van der Waals surface area contributed by atoms with Crippen molar-refractivity contribution in [3.63, 3.8) is 0 Å². The Morgan fingerprint density at radius 3 is 2.88 bits per heavy atom. The van der Waals surface area contributed by atoms with Gasteiger partial charge in [-0.15, -0.1) is 0 Å². The van der Waals surface area contributed by atoms with Gasteiger partial charge in [0.25, 0.3) is 0 Å². The van der Waals surface area contributed by atoms with Crippen molar-refractivity contribution in [3.05, 3.63) is 21.3 Å². The summed E-state index contributed by atoms with van der Waals surface area (Å²) in [5, 5.41) is 0. The molecule has 0 aliphatic rings. The van der Waals surface area contributed by atoms with Crippen molar-refractivity contribution >= 4 is 80.4 Å². The van der Waals surface area contributed by atoms with E-state index in [1.807, 2.05) is 6.07 Å². The Morgan fingerprint density at radius 2 is 2.24 bits per heavy atom. The molecule has 7 heteroatoms. The molecule has 0 fully saturated rings. The van der Waals surface area contributed by atoms with Gasteiger partial charge >= 0.3 is 0 Å². The lowest BCUT2D eigenvalue weighted by Gasteiger charge is -2.19. The molecule has 0 N–H and O–H groups in total. The summed E-state index contributed by atoms with van der Waals surface area (Å²) in [4.78, 5) is 2.07. The van der Waals surface area contributed by atoms with E-state index < -0.39 is 0 Å². The van der Waals surface area contributed by atoms with E-state index in [0.29, 0.717) is 15.7 Å². The van der Waals surface area contributed by atoms with Crippen molar-refractivity contribution in [2.24, 2.45) is 0 Å². The number of furan rings is 1. The Bertz CT molecular complexity index is 583. The molecule has 0 aliphatic heterocycles. The number of halogens is 2. The molecule has 0 saturated carbocycles. The highest BCUT2D eigenvalue weighted by atomic mass is 127. The lowest BCUT2D eigenvalue weighted by atomic mass is 10.4. The quantitative estimate of drug-likeness (QED) is 0.244. The third-order valence-electron chi connectivity index (χ3n) is 2.21. The Morgan fingerprint density at radius 1 is 1.47 bits per heavy atom. The molecule has 0 bridgehead atoms. The zero-order chi connectivity index (χ0) is 12.4. The van der Waals surface area contributed by atoms with Gasteiger partial charge in [0.05, 0.1) is 13.5 Å². The van der Waals surface area contributed by atoms with Gasteiger partial charge in [-0.3, -0.25) is 0 Å². The van der Waals surface area contributed by atoms with Gasteiger partial charge < -0.3 is 13.7 Å². The van der Waals surface area contributed by atoms with E-state index in [0.717, 1.165) is 27.2 Å². The van der Waals surface area contributed by atoms with Crippen LogP contribution in [0.5, 0.6) is 0 Å². The zero-order valence-corrected chi connectivity index (χ0v) is 14.1. The smallest absolute Gasteiger partial charge is 0.198 e. The van der Waals surface area contributed by atoms with Crippen molar-refractivity contribution in [3.8, 4) is 0 Å². The first-order valence-corrected chi connectivity index (χ1v) is 8.16. The average molecular weight is 446 g/mol. The fourth-order valence-corrected chi connectivity index (χ4v) is 2.92. The third kappa shape index (κ3) is 2.82. The van der Waals surface area contributed by atoms with Gasteiger partial charge in [0, 0.05) is 18.4 Å². The standard InChI is InChI=1S/C10H9BrINO2S2/c11-6-4-14-10-7(17)3-8(15-9(6)10)13(5-12)1-2-16/h3-4,16H,1-2,5H2. The van der Waals surface area contributed by atoms with Crippen molar-refractivity contribution in [1.29, 1.82) is 0 Å². The topological polar surface area (TPSA) is 29.5 Å². The summed E-state index contributed by atoms with van der Waals surface area (Å²) in [6, 6.07) is 1.82. The van der Waals surface area contributed by atoms with Crippen molar-refractivity contribution in [2.75, 3.05) is 21.7 Å². The molecule has 92 valence electrons. The normalized spacial score (nSPS) is 11.0. The first kappa shape index (κ1) is 13.7. The monoisotopic (exact) mass is 445 g/mol. The molecule has 3 nitrogen and oxygen atoms in total. The summed E-state index contributed by atoms with van der Waals surface area (Å²) in [6.07, 6.45) is 1.58. The van der Waals surface area contributed by atoms with Gasteiger partial charge in [0.1, 0.15) is 6.26 Å². The summed E-state index contributed by atoms with van der Waals surface area (Å²) in [5.74, 6) is 1.50. The van der Waals surface area contributed by atoms with Crippen molar-refractivity contribution < 1.29 is 8.83 Å². The molecule has 0 atom stereocenters. The SMILES string of the molecule is S=c1cc(N(CI)CCS)oc2c(Br)coc12. The van der Waals surface area contributed by atoms with Gasteiger partial charge in [0.15, 0.2) is 17.1 Å². The lowest BCUT2D eigenvalue weighted by molar-refractivity contribution is 0.572. The summed E-state index contributed by atoms with van der Waals surface area (Å²) in [6.45, 7) is 0.811. The minimum atomic E-state index is 0.606. The Balaban J connectivity index is 2.55. The zero-order valence-electron chi connectivity index (χ0n) is 8.65. The molecular weight excluding hydrogens is 437 g/mol. The Hall–Kier alpha value is 0.270. The number of thiol groups is 1. The van der Waals surface area contributed by atoms with Gasteiger partial charge in [-0.1, -0.05) is 34.8 Å². The second-order valence-electron chi connectivity index (χ2n) is 3.30. The summed E-state index contributed by atoms with van der Waals surface area (Å²) < 4.78 is 13.4. The number of nitrogens with zero attached hydrogens (tertiary/aromatic N) is 1. The Kier molecular flexibility index (Phi) is 4.79. The molecule has 0 aromatic carbocycles. The van der Waals surface area contributed by atoms with E-state index in [-0.39, 0.29) is 0 Å². The molecular formula is C10H9BrINO2S2. The Labute approximate surface area is 131 Å². The van der Waals surface area contributed by atoms with Crippen LogP contribution in [0, 0.1) is 4.51 Å². The van der Waals surface area contributed by atoms with E-state index in [9.17, 15) is 0 Å². The highest BCUT2D eigenvalue weighted by Crippen LogP contribution is 2.31. The number of hydrogen-bond acceptors (Lipinski definition) is 5. The van der Waals surface area contributed by atoms with Gasteiger partial charge in [-0.2, -0.15) is 12.6 Å². The maximum absolute atomic E-state index is 5.80. The van der Waals surface area contributed by atoms with E-state index in [1.165, 1.54) is 0 Å². The number of anilines is 1. The van der Waals surface area contributed by atoms with Crippen LogP contribution < -0.4 is 4.90 Å². The summed E-state index contributed by atoms with van der Waals surface area (Å²) in [5.41, 5.74) is 1.26. The van der Waals surface area contributed by atoms with Crippen LogP contribution in [0.4, 0.5) is 5.88 Å². The van der Waals surface area contributed by atoms with Crippen LogP contribution in [0.3, 0.4) is 0 Å². The second kappa shape index (κ2) is 5.94. The van der Waals surface area contributed by atoms with E-state index in [2.05, 4.69) is 56.0 Å². The van der Waals surface area contributed by atoms with Crippen LogP contribution in [0.1, 0.15) is 0 Å². The lowest BCUT2D eigenvalue weighted by Crippen LogP contribution is -2.23. The van der Waals surface area contributed by atoms with Gasteiger partial charge in [-0.05, 0) is 15.9 Å². The summed E-state index contributed by atoms with van der Waals surface area (Å²) in [7, 11) is 0. The molecule has 0 aliphatic carbocycles. The predicted molar refractivity (Wildman–Crippen MR) is 87.1 cm³/mol.